The van der Waals surface area contributed by atoms with Gasteiger partial charge in [-0.05, 0) is 13.1 Å². The highest BCUT2D eigenvalue weighted by Crippen LogP contribution is 2.34. The average Bonchev–Trinajstić information content (AvgIpc) is 2.27. The predicted octanol–water partition coefficient (Wildman–Crippen LogP) is 2.42. The number of benzene rings is 1. The third kappa shape index (κ3) is 3.25. The summed E-state index contributed by atoms with van der Waals surface area (Å²) in [6.45, 7) is 0.0536. The van der Waals surface area contributed by atoms with Crippen LogP contribution in [0.25, 0.3) is 0 Å². The van der Waals surface area contributed by atoms with E-state index in [2.05, 4.69) is 5.32 Å². The molecule has 0 unspecified atom stereocenters. The van der Waals surface area contributed by atoms with Gasteiger partial charge in [-0.15, -0.1) is 0 Å². The van der Waals surface area contributed by atoms with Crippen LogP contribution in [0.1, 0.15) is 5.56 Å². The second-order valence-corrected chi connectivity index (χ2v) is 3.60. The molecule has 0 aliphatic heterocycles. The highest BCUT2D eigenvalue weighted by Gasteiger charge is 2.12. The highest BCUT2D eigenvalue weighted by atomic mass is 35.5. The predicted molar refractivity (Wildman–Crippen MR) is 62.2 cm³/mol. The van der Waals surface area contributed by atoms with Gasteiger partial charge in [0, 0.05) is 23.2 Å². The van der Waals surface area contributed by atoms with E-state index in [9.17, 15) is 4.39 Å². The standard InChI is InChI=1S/C11H15ClFNO2/c1-14-7-8-5-9(12)6-10(15-2)11(8)16-4-3-13/h5-6,14H,3-4,7H2,1-2H3. The molecule has 0 aromatic heterocycles. The number of methoxy groups -OCH3 is 1. The normalized spacial score (nSPS) is 10.2. The fourth-order valence-corrected chi connectivity index (χ4v) is 1.63. The largest absolute Gasteiger partial charge is 0.493 e. The highest BCUT2D eigenvalue weighted by molar-refractivity contribution is 6.30. The first-order valence-electron chi connectivity index (χ1n) is 4.92. The Morgan fingerprint density at radius 1 is 1.44 bits per heavy atom. The Bertz CT molecular complexity index is 347. The summed E-state index contributed by atoms with van der Waals surface area (Å²) in [5.41, 5.74) is 0.848. The number of nitrogens with one attached hydrogen (secondary N) is 1. The Kier molecular flexibility index (Phi) is 5.35. The lowest BCUT2D eigenvalue weighted by molar-refractivity contribution is 0.257. The van der Waals surface area contributed by atoms with Crippen molar-refractivity contribution in [2.75, 3.05) is 27.4 Å². The minimum absolute atomic E-state index is 0.00864. The minimum Gasteiger partial charge on any atom is -0.493 e. The van der Waals surface area contributed by atoms with Gasteiger partial charge in [0.2, 0.25) is 0 Å². The van der Waals surface area contributed by atoms with E-state index in [1.165, 1.54) is 7.11 Å². The second-order valence-electron chi connectivity index (χ2n) is 3.16. The average molecular weight is 248 g/mol. The van der Waals surface area contributed by atoms with Crippen molar-refractivity contribution in [1.82, 2.24) is 5.32 Å². The Labute approximate surface area is 99.5 Å². The summed E-state index contributed by atoms with van der Waals surface area (Å²) in [6, 6.07) is 3.42. The van der Waals surface area contributed by atoms with Crippen LogP contribution in [0.3, 0.4) is 0 Å². The van der Waals surface area contributed by atoms with Crippen molar-refractivity contribution in [2.24, 2.45) is 0 Å². The second kappa shape index (κ2) is 6.55. The Balaban J connectivity index is 3.05. The molecule has 0 heterocycles. The van der Waals surface area contributed by atoms with E-state index in [1.807, 2.05) is 7.05 Å². The molecule has 0 bridgehead atoms. The maximum Gasteiger partial charge on any atom is 0.165 e. The molecule has 1 rings (SSSR count). The summed E-state index contributed by atoms with van der Waals surface area (Å²) >= 11 is 5.93. The van der Waals surface area contributed by atoms with Crippen LogP contribution in [-0.4, -0.2) is 27.4 Å². The summed E-state index contributed by atoms with van der Waals surface area (Å²) in [7, 11) is 3.34. The number of rotatable bonds is 6. The zero-order chi connectivity index (χ0) is 12.0. The quantitative estimate of drug-likeness (QED) is 0.838. The molecular weight excluding hydrogens is 233 g/mol. The van der Waals surface area contributed by atoms with Gasteiger partial charge in [-0.25, -0.2) is 4.39 Å². The third-order valence-electron chi connectivity index (χ3n) is 2.01. The summed E-state index contributed by atoms with van der Waals surface area (Å²) < 4.78 is 22.6. The van der Waals surface area contributed by atoms with E-state index in [4.69, 9.17) is 21.1 Å². The fraction of sp³-hybridized carbons (Fsp3) is 0.455. The summed E-state index contributed by atoms with van der Waals surface area (Å²) in [5, 5.41) is 3.56. The van der Waals surface area contributed by atoms with Crippen molar-refractivity contribution in [1.29, 1.82) is 0 Å². The summed E-state index contributed by atoms with van der Waals surface area (Å²) in [6.07, 6.45) is 0. The maximum absolute atomic E-state index is 12.1. The molecule has 1 N–H and O–H groups in total. The lowest BCUT2D eigenvalue weighted by Crippen LogP contribution is -2.09. The summed E-state index contributed by atoms with van der Waals surface area (Å²) in [4.78, 5) is 0. The number of halogens is 2. The van der Waals surface area contributed by atoms with Crippen LogP contribution in [0.15, 0.2) is 12.1 Å². The van der Waals surface area contributed by atoms with Gasteiger partial charge in [-0.3, -0.25) is 0 Å². The van der Waals surface area contributed by atoms with Crippen LogP contribution >= 0.6 is 11.6 Å². The lowest BCUT2D eigenvalue weighted by Gasteiger charge is -2.14. The Morgan fingerprint density at radius 3 is 2.75 bits per heavy atom. The molecule has 5 heteroatoms. The number of ether oxygens (including phenoxy) is 2. The van der Waals surface area contributed by atoms with E-state index in [0.29, 0.717) is 23.1 Å². The first-order valence-corrected chi connectivity index (χ1v) is 5.30. The van der Waals surface area contributed by atoms with Gasteiger partial charge < -0.3 is 14.8 Å². The molecule has 3 nitrogen and oxygen atoms in total. The van der Waals surface area contributed by atoms with Crippen LogP contribution in [0, 0.1) is 0 Å². The van der Waals surface area contributed by atoms with E-state index in [1.54, 1.807) is 12.1 Å². The molecule has 16 heavy (non-hydrogen) atoms. The van der Waals surface area contributed by atoms with Crippen molar-refractivity contribution in [3.05, 3.63) is 22.7 Å². The van der Waals surface area contributed by atoms with Crippen LogP contribution in [-0.2, 0) is 6.54 Å². The number of alkyl halides is 1. The molecule has 0 fully saturated rings. The molecule has 1 aromatic carbocycles. The number of hydrogen-bond donors (Lipinski definition) is 1. The topological polar surface area (TPSA) is 30.5 Å². The van der Waals surface area contributed by atoms with Crippen molar-refractivity contribution < 1.29 is 13.9 Å². The van der Waals surface area contributed by atoms with Gasteiger partial charge >= 0.3 is 0 Å². The summed E-state index contributed by atoms with van der Waals surface area (Å²) in [5.74, 6) is 1.06. The van der Waals surface area contributed by atoms with Crippen LogP contribution < -0.4 is 14.8 Å². The first-order chi connectivity index (χ1) is 7.72. The van der Waals surface area contributed by atoms with Gasteiger partial charge in [0.15, 0.2) is 11.5 Å². The monoisotopic (exact) mass is 247 g/mol. The van der Waals surface area contributed by atoms with E-state index >= 15 is 0 Å². The van der Waals surface area contributed by atoms with Gasteiger partial charge in [-0.2, -0.15) is 0 Å². The molecule has 0 radical (unpaired) electrons. The lowest BCUT2D eigenvalue weighted by atomic mass is 10.2. The fourth-order valence-electron chi connectivity index (χ4n) is 1.40. The minimum atomic E-state index is -0.537. The van der Waals surface area contributed by atoms with Gasteiger partial charge in [0.05, 0.1) is 7.11 Å². The zero-order valence-electron chi connectivity index (χ0n) is 9.35. The molecule has 1 aromatic rings. The van der Waals surface area contributed by atoms with Crippen molar-refractivity contribution in [3.8, 4) is 11.5 Å². The molecule has 0 atom stereocenters. The van der Waals surface area contributed by atoms with Crippen molar-refractivity contribution >= 4 is 11.6 Å². The van der Waals surface area contributed by atoms with Crippen LogP contribution in [0.4, 0.5) is 4.39 Å². The molecule has 0 aliphatic rings. The third-order valence-corrected chi connectivity index (χ3v) is 2.23. The molecule has 0 saturated carbocycles. The van der Waals surface area contributed by atoms with Crippen molar-refractivity contribution in [2.45, 2.75) is 6.54 Å². The van der Waals surface area contributed by atoms with E-state index in [0.717, 1.165) is 5.56 Å². The van der Waals surface area contributed by atoms with Crippen LogP contribution in [0.2, 0.25) is 5.02 Å². The SMILES string of the molecule is CNCc1cc(Cl)cc(OC)c1OCCF. The van der Waals surface area contributed by atoms with Gasteiger partial charge in [0.1, 0.15) is 13.3 Å². The van der Waals surface area contributed by atoms with Crippen LogP contribution in [0.5, 0.6) is 11.5 Å². The molecule has 0 amide bonds. The Morgan fingerprint density at radius 2 is 2.19 bits per heavy atom. The van der Waals surface area contributed by atoms with Gasteiger partial charge in [-0.1, -0.05) is 11.6 Å². The maximum atomic E-state index is 12.1. The van der Waals surface area contributed by atoms with E-state index < -0.39 is 6.67 Å². The smallest absolute Gasteiger partial charge is 0.165 e. The first kappa shape index (κ1) is 13.1. The molecular formula is C11H15ClFNO2. The molecule has 90 valence electrons. The van der Waals surface area contributed by atoms with E-state index in [-0.39, 0.29) is 6.61 Å². The zero-order valence-corrected chi connectivity index (χ0v) is 10.1. The molecule has 0 saturated heterocycles. The Hall–Kier alpha value is -1.00. The molecule has 0 aliphatic carbocycles. The van der Waals surface area contributed by atoms with Gasteiger partial charge in [0.25, 0.3) is 0 Å². The number of hydrogen-bond acceptors (Lipinski definition) is 3. The molecule has 0 spiro atoms. The van der Waals surface area contributed by atoms with Crippen molar-refractivity contribution in [3.63, 3.8) is 0 Å².